The van der Waals surface area contributed by atoms with Gasteiger partial charge in [0.25, 0.3) is 0 Å². The molecule has 1 aliphatic carbocycles. The molecule has 0 aromatic rings. The van der Waals surface area contributed by atoms with E-state index in [0.717, 1.165) is 18.8 Å². The highest BCUT2D eigenvalue weighted by molar-refractivity contribution is 5.83. The summed E-state index contributed by atoms with van der Waals surface area (Å²) in [6.45, 7) is 2.79. The predicted molar refractivity (Wildman–Crippen MR) is 54.7 cm³/mol. The lowest BCUT2D eigenvalue weighted by molar-refractivity contribution is -0.123. The van der Waals surface area contributed by atoms with Crippen molar-refractivity contribution in [2.24, 2.45) is 11.8 Å². The lowest BCUT2D eigenvalue weighted by Gasteiger charge is -2.27. The first-order valence-corrected chi connectivity index (χ1v) is 5.45. The van der Waals surface area contributed by atoms with Crippen LogP contribution in [-0.2, 0) is 4.79 Å². The van der Waals surface area contributed by atoms with E-state index in [1.807, 2.05) is 7.05 Å². The molecule has 0 amide bonds. The molecule has 0 bridgehead atoms. The number of carbonyl (C=O) groups excluding carboxylic acids is 1. The van der Waals surface area contributed by atoms with Crippen molar-refractivity contribution in [2.45, 2.75) is 39.0 Å². The molecule has 0 aromatic carbocycles. The van der Waals surface area contributed by atoms with Crippen molar-refractivity contribution < 1.29 is 4.79 Å². The first-order valence-electron chi connectivity index (χ1n) is 5.45. The number of carbonyl (C=O) groups is 1. The third-order valence-corrected chi connectivity index (χ3v) is 3.17. The van der Waals surface area contributed by atoms with Crippen molar-refractivity contribution >= 4 is 5.78 Å². The van der Waals surface area contributed by atoms with Crippen LogP contribution in [0.5, 0.6) is 0 Å². The number of ketones is 1. The monoisotopic (exact) mass is 183 g/mol. The van der Waals surface area contributed by atoms with E-state index in [2.05, 4.69) is 12.2 Å². The highest BCUT2D eigenvalue weighted by Crippen LogP contribution is 2.31. The summed E-state index contributed by atoms with van der Waals surface area (Å²) < 4.78 is 0. The van der Waals surface area contributed by atoms with Crippen LogP contribution in [0, 0.1) is 11.8 Å². The van der Waals surface area contributed by atoms with Gasteiger partial charge in [0, 0.05) is 5.92 Å². The van der Waals surface area contributed by atoms with Crippen LogP contribution >= 0.6 is 0 Å². The Hall–Kier alpha value is -0.370. The van der Waals surface area contributed by atoms with Crippen LogP contribution in [0.2, 0.25) is 0 Å². The minimum atomic E-state index is 0.353. The predicted octanol–water partition coefficient (Wildman–Crippen LogP) is 1.99. The molecule has 0 saturated heterocycles. The Morgan fingerprint density at radius 1 is 1.46 bits per heavy atom. The highest BCUT2D eigenvalue weighted by atomic mass is 16.1. The topological polar surface area (TPSA) is 29.1 Å². The van der Waals surface area contributed by atoms with Crippen molar-refractivity contribution in [3.63, 3.8) is 0 Å². The molecule has 2 heteroatoms. The van der Waals surface area contributed by atoms with Gasteiger partial charge in [-0.05, 0) is 25.8 Å². The van der Waals surface area contributed by atoms with Crippen LogP contribution in [0.3, 0.4) is 0 Å². The van der Waals surface area contributed by atoms with E-state index < -0.39 is 0 Å². The first-order chi connectivity index (χ1) is 6.27. The third kappa shape index (κ3) is 3.11. The summed E-state index contributed by atoms with van der Waals surface area (Å²) in [7, 11) is 1.85. The molecule has 2 atom stereocenters. The molecule has 0 heterocycles. The van der Waals surface area contributed by atoms with E-state index in [1.165, 1.54) is 19.3 Å². The summed E-state index contributed by atoms with van der Waals surface area (Å²) in [5, 5.41) is 2.95. The normalized spacial score (nSPS) is 28.8. The molecule has 1 aliphatic rings. The zero-order valence-electron chi connectivity index (χ0n) is 8.81. The van der Waals surface area contributed by atoms with E-state index in [-0.39, 0.29) is 0 Å². The van der Waals surface area contributed by atoms with E-state index in [0.29, 0.717) is 18.2 Å². The Balaban J connectivity index is 2.37. The summed E-state index contributed by atoms with van der Waals surface area (Å²) in [5.41, 5.74) is 0. The van der Waals surface area contributed by atoms with E-state index in [4.69, 9.17) is 0 Å². The smallest absolute Gasteiger partial charge is 0.149 e. The molecular weight excluding hydrogens is 162 g/mol. The summed E-state index contributed by atoms with van der Waals surface area (Å²) in [6.07, 6.45) is 6.08. The summed E-state index contributed by atoms with van der Waals surface area (Å²) in [5.74, 6) is 1.58. The second-order valence-corrected chi connectivity index (χ2v) is 4.13. The minimum Gasteiger partial charge on any atom is -0.313 e. The zero-order valence-corrected chi connectivity index (χ0v) is 8.81. The molecule has 76 valence electrons. The minimum absolute atomic E-state index is 0.353. The maximum Gasteiger partial charge on any atom is 0.149 e. The van der Waals surface area contributed by atoms with Crippen LogP contribution in [0.25, 0.3) is 0 Å². The zero-order chi connectivity index (χ0) is 9.68. The van der Waals surface area contributed by atoms with Gasteiger partial charge < -0.3 is 5.32 Å². The molecule has 1 N–H and O–H groups in total. The molecule has 0 aromatic heterocycles. The van der Waals surface area contributed by atoms with Gasteiger partial charge in [-0.25, -0.2) is 0 Å². The van der Waals surface area contributed by atoms with Gasteiger partial charge >= 0.3 is 0 Å². The first kappa shape index (κ1) is 10.7. The van der Waals surface area contributed by atoms with Gasteiger partial charge in [0.2, 0.25) is 0 Å². The maximum atomic E-state index is 11.6. The molecule has 1 saturated carbocycles. The number of likely N-dealkylation sites (N-methyl/N-ethyl adjacent to an activating group) is 1. The number of nitrogens with one attached hydrogen (secondary N) is 1. The standard InChI is InChI=1S/C11H21NO/c1-3-9-5-4-6-10(7-9)11(13)8-12-2/h9-10,12H,3-8H2,1-2H3. The van der Waals surface area contributed by atoms with Gasteiger partial charge in [-0.3, -0.25) is 4.79 Å². The fraction of sp³-hybridized carbons (Fsp3) is 0.909. The van der Waals surface area contributed by atoms with Crippen molar-refractivity contribution in [2.75, 3.05) is 13.6 Å². The summed E-state index contributed by atoms with van der Waals surface area (Å²) in [6, 6.07) is 0. The Kier molecular flexibility index (Phi) is 4.43. The van der Waals surface area contributed by atoms with Gasteiger partial charge in [0.15, 0.2) is 0 Å². The average molecular weight is 183 g/mol. The lowest BCUT2D eigenvalue weighted by atomic mass is 9.78. The van der Waals surface area contributed by atoms with Gasteiger partial charge in [0.05, 0.1) is 6.54 Å². The van der Waals surface area contributed by atoms with Crippen molar-refractivity contribution in [1.82, 2.24) is 5.32 Å². The van der Waals surface area contributed by atoms with Gasteiger partial charge in [-0.1, -0.05) is 26.2 Å². The number of rotatable bonds is 4. The fourth-order valence-corrected chi connectivity index (χ4v) is 2.27. The van der Waals surface area contributed by atoms with Crippen molar-refractivity contribution in [3.8, 4) is 0 Å². The number of Topliss-reactive ketones (excluding diaryl/α,β-unsaturated/α-hetero) is 1. The number of hydrogen-bond donors (Lipinski definition) is 1. The lowest BCUT2D eigenvalue weighted by Crippen LogP contribution is -2.29. The van der Waals surface area contributed by atoms with Gasteiger partial charge in [-0.2, -0.15) is 0 Å². The molecule has 2 nitrogen and oxygen atoms in total. The number of hydrogen-bond acceptors (Lipinski definition) is 2. The average Bonchev–Trinajstić information content (AvgIpc) is 2.18. The van der Waals surface area contributed by atoms with Crippen molar-refractivity contribution in [3.05, 3.63) is 0 Å². The summed E-state index contributed by atoms with van der Waals surface area (Å²) in [4.78, 5) is 11.6. The van der Waals surface area contributed by atoms with E-state index >= 15 is 0 Å². The molecule has 13 heavy (non-hydrogen) atoms. The molecule has 0 aliphatic heterocycles. The second kappa shape index (κ2) is 5.38. The Morgan fingerprint density at radius 2 is 2.23 bits per heavy atom. The molecule has 0 spiro atoms. The maximum absolute atomic E-state index is 11.6. The molecule has 2 unspecified atom stereocenters. The van der Waals surface area contributed by atoms with Crippen LogP contribution in [0.4, 0.5) is 0 Å². The Bertz CT molecular complexity index is 167. The Morgan fingerprint density at radius 3 is 2.85 bits per heavy atom. The largest absolute Gasteiger partial charge is 0.313 e. The highest BCUT2D eigenvalue weighted by Gasteiger charge is 2.25. The second-order valence-electron chi connectivity index (χ2n) is 4.13. The van der Waals surface area contributed by atoms with Gasteiger partial charge in [-0.15, -0.1) is 0 Å². The van der Waals surface area contributed by atoms with Crippen LogP contribution in [-0.4, -0.2) is 19.4 Å². The summed E-state index contributed by atoms with van der Waals surface area (Å²) >= 11 is 0. The molecule has 0 radical (unpaired) electrons. The molecular formula is C11H21NO. The Labute approximate surface area is 81.1 Å². The van der Waals surface area contributed by atoms with Crippen molar-refractivity contribution in [1.29, 1.82) is 0 Å². The SMILES string of the molecule is CCC1CCCC(C(=O)CNC)C1. The third-order valence-electron chi connectivity index (χ3n) is 3.17. The molecule has 1 rings (SSSR count). The fourth-order valence-electron chi connectivity index (χ4n) is 2.27. The van der Waals surface area contributed by atoms with Crippen LogP contribution in [0.15, 0.2) is 0 Å². The van der Waals surface area contributed by atoms with Crippen LogP contribution in [0.1, 0.15) is 39.0 Å². The van der Waals surface area contributed by atoms with E-state index in [1.54, 1.807) is 0 Å². The molecule has 1 fully saturated rings. The van der Waals surface area contributed by atoms with Gasteiger partial charge in [0.1, 0.15) is 5.78 Å². The quantitative estimate of drug-likeness (QED) is 0.722. The van der Waals surface area contributed by atoms with Crippen LogP contribution < -0.4 is 5.32 Å². The van der Waals surface area contributed by atoms with E-state index in [9.17, 15) is 4.79 Å².